The highest BCUT2D eigenvalue weighted by Gasteiger charge is 2.31. The zero-order chi connectivity index (χ0) is 20.3. The molecule has 0 radical (unpaired) electrons. The van der Waals surface area contributed by atoms with Crippen LogP contribution in [0.2, 0.25) is 0 Å². The molecule has 0 aromatic carbocycles. The van der Waals surface area contributed by atoms with Gasteiger partial charge in [0.25, 0.3) is 10.2 Å². The maximum atomic E-state index is 12.8. The van der Waals surface area contributed by atoms with Gasteiger partial charge in [0.05, 0.1) is 0 Å². The molecule has 0 atom stereocenters. The summed E-state index contributed by atoms with van der Waals surface area (Å²) in [5, 5.41) is 0. The fraction of sp³-hybridized carbons (Fsp3) is 0.526. The topological polar surface area (TPSA) is 82.5 Å². The second-order valence-corrected chi connectivity index (χ2v) is 8.70. The lowest BCUT2D eigenvalue weighted by molar-refractivity contribution is 0.333. The number of hydrogen-bond donors (Lipinski definition) is 0. The summed E-state index contributed by atoms with van der Waals surface area (Å²) in [5.74, 6) is 1.45. The van der Waals surface area contributed by atoms with Crippen molar-refractivity contribution >= 4 is 16.0 Å². The summed E-state index contributed by atoms with van der Waals surface area (Å²) < 4.78 is 28.6. The van der Waals surface area contributed by atoms with Gasteiger partial charge in [0.15, 0.2) is 5.82 Å². The molecule has 0 N–H and O–H groups in total. The molecule has 28 heavy (non-hydrogen) atoms. The molecular weight excluding hydrogens is 376 g/mol. The molecule has 0 amide bonds. The summed E-state index contributed by atoms with van der Waals surface area (Å²) in [5.41, 5.74) is 2.65. The van der Waals surface area contributed by atoms with E-state index in [4.69, 9.17) is 4.98 Å². The van der Waals surface area contributed by atoms with Crippen LogP contribution in [0.25, 0.3) is 11.5 Å². The van der Waals surface area contributed by atoms with Gasteiger partial charge in [-0.05, 0) is 26.0 Å². The van der Waals surface area contributed by atoms with Crippen LogP contribution in [0.3, 0.4) is 0 Å². The molecule has 3 heterocycles. The zero-order valence-corrected chi connectivity index (χ0v) is 17.8. The maximum Gasteiger partial charge on any atom is 0.282 e. The number of pyridine rings is 1. The fourth-order valence-corrected chi connectivity index (χ4v) is 4.98. The quantitative estimate of drug-likeness (QED) is 0.731. The van der Waals surface area contributed by atoms with E-state index >= 15 is 0 Å². The van der Waals surface area contributed by atoms with E-state index in [1.165, 1.54) is 4.31 Å². The predicted octanol–water partition coefficient (Wildman–Crippen LogP) is 1.86. The second kappa shape index (κ2) is 8.50. The van der Waals surface area contributed by atoms with Gasteiger partial charge in [-0.25, -0.2) is 9.97 Å². The van der Waals surface area contributed by atoms with Gasteiger partial charge in [-0.2, -0.15) is 17.0 Å². The molecule has 0 saturated carbocycles. The molecule has 0 aliphatic carbocycles. The van der Waals surface area contributed by atoms with Crippen molar-refractivity contribution in [2.45, 2.75) is 27.7 Å². The molecule has 1 saturated heterocycles. The van der Waals surface area contributed by atoms with Crippen molar-refractivity contribution in [3.8, 4) is 11.5 Å². The lowest BCUT2D eigenvalue weighted by Gasteiger charge is -2.37. The number of hydrogen-bond acceptors (Lipinski definition) is 6. The van der Waals surface area contributed by atoms with Crippen molar-refractivity contribution in [2.24, 2.45) is 0 Å². The van der Waals surface area contributed by atoms with Gasteiger partial charge in [-0.15, -0.1) is 0 Å². The molecule has 8 nitrogen and oxygen atoms in total. The summed E-state index contributed by atoms with van der Waals surface area (Å²) in [4.78, 5) is 15.8. The van der Waals surface area contributed by atoms with E-state index in [0.29, 0.717) is 45.1 Å². The minimum absolute atomic E-state index is 0.445. The molecule has 0 bridgehead atoms. The van der Waals surface area contributed by atoms with E-state index in [9.17, 15) is 8.42 Å². The van der Waals surface area contributed by atoms with Gasteiger partial charge in [-0.1, -0.05) is 19.9 Å². The molecule has 1 aliphatic heterocycles. The highest BCUT2D eigenvalue weighted by molar-refractivity contribution is 7.86. The van der Waals surface area contributed by atoms with E-state index in [2.05, 4.69) is 14.9 Å². The van der Waals surface area contributed by atoms with E-state index in [1.807, 2.05) is 45.9 Å². The van der Waals surface area contributed by atoms with E-state index in [1.54, 1.807) is 10.5 Å². The van der Waals surface area contributed by atoms with E-state index in [-0.39, 0.29) is 0 Å². The Morgan fingerprint density at radius 3 is 2.29 bits per heavy atom. The Hall–Kier alpha value is -2.10. The Labute approximate surface area is 167 Å². The highest BCUT2D eigenvalue weighted by Crippen LogP contribution is 2.25. The summed E-state index contributed by atoms with van der Waals surface area (Å²) in [6.45, 7) is 10.7. The van der Waals surface area contributed by atoms with Gasteiger partial charge in [0, 0.05) is 56.7 Å². The standard InChI is InChI=1S/C19H28N6O2S/c1-5-24(6-2)28(26,27)25-13-11-23(12-14-25)19-15(3)16(4)21-18(22-19)17-9-7-8-10-20-17/h7-10H,5-6,11-14H2,1-4H3. The molecule has 152 valence electrons. The Bertz CT molecular complexity index is 908. The number of aryl methyl sites for hydroxylation is 1. The second-order valence-electron chi connectivity index (χ2n) is 6.77. The molecule has 0 unspecified atom stereocenters. The van der Waals surface area contributed by atoms with Crippen LogP contribution in [-0.4, -0.2) is 71.2 Å². The first-order valence-corrected chi connectivity index (χ1v) is 11.0. The zero-order valence-electron chi connectivity index (χ0n) is 17.0. The third-order valence-electron chi connectivity index (χ3n) is 5.15. The van der Waals surface area contributed by atoms with Crippen LogP contribution < -0.4 is 4.90 Å². The molecular formula is C19H28N6O2S. The van der Waals surface area contributed by atoms with Gasteiger partial charge >= 0.3 is 0 Å². The average molecular weight is 405 g/mol. The average Bonchev–Trinajstić information content (AvgIpc) is 2.71. The Morgan fingerprint density at radius 2 is 1.71 bits per heavy atom. The summed E-state index contributed by atoms with van der Waals surface area (Å²) in [6, 6.07) is 5.67. The van der Waals surface area contributed by atoms with Gasteiger partial charge in [-0.3, -0.25) is 4.98 Å². The first-order chi connectivity index (χ1) is 13.4. The summed E-state index contributed by atoms with van der Waals surface area (Å²) in [6.07, 6.45) is 1.73. The van der Waals surface area contributed by atoms with Crippen LogP contribution in [-0.2, 0) is 10.2 Å². The van der Waals surface area contributed by atoms with Gasteiger partial charge in [0.2, 0.25) is 0 Å². The Morgan fingerprint density at radius 1 is 1.04 bits per heavy atom. The van der Waals surface area contributed by atoms with Crippen LogP contribution in [0.1, 0.15) is 25.1 Å². The largest absolute Gasteiger partial charge is 0.354 e. The van der Waals surface area contributed by atoms with Crippen LogP contribution in [0.4, 0.5) is 5.82 Å². The monoisotopic (exact) mass is 404 g/mol. The third-order valence-corrected chi connectivity index (χ3v) is 7.34. The van der Waals surface area contributed by atoms with Crippen molar-refractivity contribution in [3.63, 3.8) is 0 Å². The number of aromatic nitrogens is 3. The maximum absolute atomic E-state index is 12.8. The van der Waals surface area contributed by atoms with Crippen molar-refractivity contribution in [1.29, 1.82) is 0 Å². The van der Waals surface area contributed by atoms with Crippen LogP contribution in [0.5, 0.6) is 0 Å². The van der Waals surface area contributed by atoms with Crippen molar-refractivity contribution < 1.29 is 8.42 Å². The number of nitrogens with zero attached hydrogens (tertiary/aromatic N) is 6. The first kappa shape index (κ1) is 20.6. The molecule has 2 aromatic rings. The van der Waals surface area contributed by atoms with Crippen LogP contribution in [0.15, 0.2) is 24.4 Å². The number of anilines is 1. The fourth-order valence-electron chi connectivity index (χ4n) is 3.37. The predicted molar refractivity (Wildman–Crippen MR) is 110 cm³/mol. The van der Waals surface area contributed by atoms with Gasteiger partial charge in [0.1, 0.15) is 11.5 Å². The molecule has 1 aliphatic rings. The van der Waals surface area contributed by atoms with Crippen LogP contribution >= 0.6 is 0 Å². The highest BCUT2D eigenvalue weighted by atomic mass is 32.2. The lowest BCUT2D eigenvalue weighted by Crippen LogP contribution is -2.53. The van der Waals surface area contributed by atoms with Crippen molar-refractivity contribution in [3.05, 3.63) is 35.7 Å². The molecule has 9 heteroatoms. The Balaban J connectivity index is 1.82. The lowest BCUT2D eigenvalue weighted by atomic mass is 10.2. The van der Waals surface area contributed by atoms with Gasteiger partial charge < -0.3 is 4.90 Å². The van der Waals surface area contributed by atoms with E-state index < -0.39 is 10.2 Å². The SMILES string of the molecule is CCN(CC)S(=O)(=O)N1CCN(c2nc(-c3ccccn3)nc(C)c2C)CC1. The first-order valence-electron chi connectivity index (χ1n) is 9.65. The minimum Gasteiger partial charge on any atom is -0.354 e. The molecule has 1 fully saturated rings. The normalized spacial score (nSPS) is 16.0. The summed E-state index contributed by atoms with van der Waals surface area (Å²) >= 11 is 0. The smallest absolute Gasteiger partial charge is 0.282 e. The number of rotatable bonds is 6. The summed E-state index contributed by atoms with van der Waals surface area (Å²) in [7, 11) is -3.40. The molecule has 2 aromatic heterocycles. The van der Waals surface area contributed by atoms with Crippen LogP contribution in [0, 0.1) is 13.8 Å². The van der Waals surface area contributed by atoms with E-state index in [0.717, 1.165) is 22.8 Å². The molecule has 0 spiro atoms. The van der Waals surface area contributed by atoms with Crippen molar-refractivity contribution in [2.75, 3.05) is 44.2 Å². The van der Waals surface area contributed by atoms with Crippen molar-refractivity contribution in [1.82, 2.24) is 23.6 Å². The Kier molecular flexibility index (Phi) is 6.26. The minimum atomic E-state index is -3.40. The third kappa shape index (κ3) is 4.01. The molecule has 3 rings (SSSR count). The number of piperazine rings is 1.